The molecule has 1 atom stereocenters. The minimum Gasteiger partial charge on any atom is -0.460 e. The second-order valence-electron chi connectivity index (χ2n) is 3.82. The second kappa shape index (κ2) is 6.17. The van der Waals surface area contributed by atoms with Crippen LogP contribution < -0.4 is 0 Å². The lowest BCUT2D eigenvalue weighted by Crippen LogP contribution is -2.12. The fourth-order valence-electron chi connectivity index (χ4n) is 1.62. The van der Waals surface area contributed by atoms with Crippen LogP contribution in [-0.4, -0.2) is 5.97 Å². The highest BCUT2D eigenvalue weighted by Crippen LogP contribution is 2.23. The van der Waals surface area contributed by atoms with E-state index >= 15 is 0 Å². The van der Waals surface area contributed by atoms with Crippen molar-refractivity contribution in [2.45, 2.75) is 12.5 Å². The van der Waals surface area contributed by atoms with Crippen molar-refractivity contribution in [1.29, 1.82) is 0 Å². The average Bonchev–Trinajstić information content (AvgIpc) is 2.92. The fourth-order valence-corrected chi connectivity index (χ4v) is 2.43. The predicted molar refractivity (Wildman–Crippen MR) is 73.5 cm³/mol. The van der Waals surface area contributed by atoms with Crippen LogP contribution in [0.2, 0.25) is 0 Å². The van der Waals surface area contributed by atoms with Crippen LogP contribution >= 0.6 is 11.3 Å². The summed E-state index contributed by atoms with van der Waals surface area (Å²) in [4.78, 5) is 12.9. The van der Waals surface area contributed by atoms with Crippen molar-refractivity contribution < 1.29 is 9.53 Å². The summed E-state index contributed by atoms with van der Waals surface area (Å²) in [5, 5.41) is 1.94. The fraction of sp³-hybridized carbons (Fsp3) is 0.133. The number of carbonyl (C=O) groups excluding carboxylic acids is 1. The maximum Gasteiger partial charge on any atom is 0.318 e. The van der Waals surface area contributed by atoms with Crippen molar-refractivity contribution in [2.24, 2.45) is 0 Å². The van der Waals surface area contributed by atoms with E-state index in [1.165, 1.54) is 11.3 Å². The number of carbonyl (C=O) groups is 1. The van der Waals surface area contributed by atoms with Crippen LogP contribution in [0.3, 0.4) is 0 Å². The Kier molecular flexibility index (Phi) is 4.31. The molecule has 0 radical (unpaired) electrons. The molecular weight excluding hydrogens is 244 g/mol. The summed E-state index contributed by atoms with van der Waals surface area (Å²) >= 11 is 1.53. The number of rotatable bonds is 5. The quantitative estimate of drug-likeness (QED) is 0.603. The van der Waals surface area contributed by atoms with E-state index in [1.807, 2.05) is 47.8 Å². The molecule has 0 aliphatic heterocycles. The summed E-state index contributed by atoms with van der Waals surface area (Å²) in [7, 11) is 0. The first-order chi connectivity index (χ1) is 8.81. The van der Waals surface area contributed by atoms with Gasteiger partial charge in [0.25, 0.3) is 0 Å². The minimum atomic E-state index is -0.367. The molecule has 2 aromatic rings. The van der Waals surface area contributed by atoms with Crippen molar-refractivity contribution in [3.63, 3.8) is 0 Å². The number of hydrogen-bond donors (Lipinski definition) is 0. The molecule has 0 aliphatic carbocycles. The third-order valence-electron chi connectivity index (χ3n) is 2.56. The summed E-state index contributed by atoms with van der Waals surface area (Å²) in [5.74, 6) is -0.620. The first-order valence-corrected chi connectivity index (χ1v) is 6.55. The van der Waals surface area contributed by atoms with E-state index in [9.17, 15) is 4.79 Å². The maximum absolute atomic E-state index is 12.0. The van der Waals surface area contributed by atoms with Gasteiger partial charge in [0.05, 0.1) is 0 Å². The average molecular weight is 258 g/mol. The molecule has 92 valence electrons. The molecule has 1 heterocycles. The molecular formula is C15H14O2S. The molecule has 1 unspecified atom stereocenters. The van der Waals surface area contributed by atoms with Gasteiger partial charge in [-0.05, 0) is 17.0 Å². The lowest BCUT2D eigenvalue weighted by molar-refractivity contribution is -0.145. The molecule has 0 N–H and O–H groups in total. The van der Waals surface area contributed by atoms with E-state index in [2.05, 4.69) is 6.58 Å². The van der Waals surface area contributed by atoms with Crippen molar-refractivity contribution >= 4 is 17.3 Å². The van der Waals surface area contributed by atoms with E-state index in [1.54, 1.807) is 6.08 Å². The zero-order valence-corrected chi connectivity index (χ0v) is 10.7. The van der Waals surface area contributed by atoms with Crippen LogP contribution in [0.5, 0.6) is 0 Å². The van der Waals surface area contributed by atoms with Crippen molar-refractivity contribution in [1.82, 2.24) is 0 Å². The van der Waals surface area contributed by atoms with Crippen LogP contribution in [0.25, 0.3) is 0 Å². The molecule has 1 aromatic heterocycles. The third kappa shape index (κ3) is 3.08. The predicted octanol–water partition coefficient (Wildman–Crippen LogP) is 3.76. The van der Waals surface area contributed by atoms with Crippen LogP contribution in [-0.2, 0) is 16.1 Å². The molecule has 0 bridgehead atoms. The first kappa shape index (κ1) is 12.6. The van der Waals surface area contributed by atoms with Crippen LogP contribution in [0.15, 0.2) is 60.5 Å². The van der Waals surface area contributed by atoms with E-state index in [0.717, 1.165) is 10.4 Å². The van der Waals surface area contributed by atoms with Crippen LogP contribution in [0.4, 0.5) is 0 Å². The second-order valence-corrected chi connectivity index (χ2v) is 4.80. The topological polar surface area (TPSA) is 26.3 Å². The SMILES string of the molecule is C=CC(C(=O)OCc1ccccc1)c1cccs1. The van der Waals surface area contributed by atoms with E-state index in [0.29, 0.717) is 6.61 Å². The normalized spacial score (nSPS) is 11.8. The third-order valence-corrected chi connectivity index (χ3v) is 3.52. The van der Waals surface area contributed by atoms with Gasteiger partial charge in [-0.2, -0.15) is 0 Å². The van der Waals surface area contributed by atoms with E-state index in [-0.39, 0.29) is 11.9 Å². The van der Waals surface area contributed by atoms with Gasteiger partial charge in [0.1, 0.15) is 12.5 Å². The highest BCUT2D eigenvalue weighted by Gasteiger charge is 2.19. The van der Waals surface area contributed by atoms with Crippen molar-refractivity contribution in [3.8, 4) is 0 Å². The van der Waals surface area contributed by atoms with E-state index in [4.69, 9.17) is 4.74 Å². The number of ether oxygens (including phenoxy) is 1. The highest BCUT2D eigenvalue weighted by atomic mass is 32.1. The van der Waals surface area contributed by atoms with Gasteiger partial charge in [0.2, 0.25) is 0 Å². The van der Waals surface area contributed by atoms with Gasteiger partial charge in [-0.3, -0.25) is 4.79 Å². The summed E-state index contributed by atoms with van der Waals surface area (Å²) in [5.41, 5.74) is 0.986. The number of hydrogen-bond acceptors (Lipinski definition) is 3. The van der Waals surface area contributed by atoms with Gasteiger partial charge in [0, 0.05) is 4.88 Å². The smallest absolute Gasteiger partial charge is 0.318 e. The van der Waals surface area contributed by atoms with Gasteiger partial charge in [-0.25, -0.2) is 0 Å². The molecule has 0 fully saturated rings. The molecule has 0 spiro atoms. The Morgan fingerprint density at radius 3 is 2.67 bits per heavy atom. The summed E-state index contributed by atoms with van der Waals surface area (Å²) in [6.07, 6.45) is 1.62. The Hall–Kier alpha value is -1.87. The molecule has 18 heavy (non-hydrogen) atoms. The molecule has 0 aliphatic rings. The van der Waals surface area contributed by atoms with Gasteiger partial charge in [0.15, 0.2) is 0 Å². The molecule has 2 rings (SSSR count). The van der Waals surface area contributed by atoms with Crippen LogP contribution in [0, 0.1) is 0 Å². The molecule has 0 saturated carbocycles. The summed E-state index contributed by atoms with van der Waals surface area (Å²) in [6, 6.07) is 13.5. The maximum atomic E-state index is 12.0. The summed E-state index contributed by atoms with van der Waals surface area (Å²) in [6.45, 7) is 4.00. The Bertz CT molecular complexity index is 503. The lowest BCUT2D eigenvalue weighted by atomic mass is 10.1. The zero-order valence-electron chi connectivity index (χ0n) is 9.91. The highest BCUT2D eigenvalue weighted by molar-refractivity contribution is 7.10. The van der Waals surface area contributed by atoms with Gasteiger partial charge in [-0.15, -0.1) is 17.9 Å². The Morgan fingerprint density at radius 2 is 2.06 bits per heavy atom. The van der Waals surface area contributed by atoms with Gasteiger partial charge < -0.3 is 4.74 Å². The molecule has 0 saturated heterocycles. The molecule has 2 nitrogen and oxygen atoms in total. The molecule has 3 heteroatoms. The largest absolute Gasteiger partial charge is 0.460 e. The Morgan fingerprint density at radius 1 is 1.28 bits per heavy atom. The zero-order chi connectivity index (χ0) is 12.8. The molecule has 1 aromatic carbocycles. The minimum absolute atomic E-state index is 0.253. The Labute approximate surface area is 111 Å². The number of benzene rings is 1. The standard InChI is InChI=1S/C15H14O2S/c1-2-13(14-9-6-10-18-14)15(16)17-11-12-7-4-3-5-8-12/h2-10,13H,1,11H2. The van der Waals surface area contributed by atoms with Crippen molar-refractivity contribution in [3.05, 3.63) is 70.9 Å². The van der Waals surface area contributed by atoms with Crippen molar-refractivity contribution in [2.75, 3.05) is 0 Å². The monoisotopic (exact) mass is 258 g/mol. The summed E-state index contributed by atoms with van der Waals surface area (Å²) < 4.78 is 5.30. The lowest BCUT2D eigenvalue weighted by Gasteiger charge is -2.10. The molecule has 0 amide bonds. The van der Waals surface area contributed by atoms with E-state index < -0.39 is 0 Å². The van der Waals surface area contributed by atoms with Gasteiger partial charge in [-0.1, -0.05) is 42.5 Å². The number of thiophene rings is 1. The van der Waals surface area contributed by atoms with Gasteiger partial charge >= 0.3 is 5.97 Å². The first-order valence-electron chi connectivity index (χ1n) is 5.68. The van der Waals surface area contributed by atoms with Crippen LogP contribution in [0.1, 0.15) is 16.4 Å². The Balaban J connectivity index is 1.97. The number of esters is 1.